The molecule has 0 bridgehead atoms. The molecule has 0 aromatic carbocycles. The smallest absolute Gasteiger partial charge is 0.306 e. The Morgan fingerprint density at radius 2 is 0.549 bits per heavy atom. The molecule has 0 fully saturated rings. The lowest BCUT2D eigenvalue weighted by molar-refractivity contribution is -0.167. The van der Waals surface area contributed by atoms with Gasteiger partial charge in [0.25, 0.3) is 0 Å². The summed E-state index contributed by atoms with van der Waals surface area (Å²) in [6.07, 6.45) is 78.3. The van der Waals surface area contributed by atoms with E-state index in [0.29, 0.717) is 19.3 Å². The van der Waals surface area contributed by atoms with E-state index in [2.05, 4.69) is 118 Å². The van der Waals surface area contributed by atoms with E-state index in [4.69, 9.17) is 14.2 Å². The van der Waals surface area contributed by atoms with Crippen LogP contribution in [0, 0.1) is 0 Å². The third-order valence-electron chi connectivity index (χ3n) is 12.5. The van der Waals surface area contributed by atoms with Crippen LogP contribution in [0.2, 0.25) is 0 Å². The molecule has 0 rings (SSSR count). The zero-order valence-electron chi connectivity index (χ0n) is 46.5. The van der Waals surface area contributed by atoms with Crippen molar-refractivity contribution in [2.75, 3.05) is 13.2 Å². The molecule has 0 N–H and O–H groups in total. The molecule has 0 aliphatic carbocycles. The molecule has 0 saturated carbocycles. The van der Waals surface area contributed by atoms with Crippen molar-refractivity contribution >= 4 is 17.9 Å². The molecule has 0 aliphatic rings. The molecular formula is C65H110O6. The lowest BCUT2D eigenvalue weighted by Crippen LogP contribution is -2.30. The number of carbonyl (C=O) groups is 3. The Kier molecular flexibility index (Phi) is 55.9. The minimum atomic E-state index is -0.804. The molecule has 0 amide bonds. The first-order chi connectivity index (χ1) is 35.0. The maximum absolute atomic E-state index is 12.9. The first-order valence-corrected chi connectivity index (χ1v) is 29.7. The molecule has 1 unspecified atom stereocenters. The van der Waals surface area contributed by atoms with E-state index in [-0.39, 0.29) is 31.1 Å². The molecule has 0 heterocycles. The van der Waals surface area contributed by atoms with E-state index in [0.717, 1.165) is 103 Å². The number of allylic oxidation sites excluding steroid dienone is 16. The van der Waals surface area contributed by atoms with Crippen molar-refractivity contribution in [3.63, 3.8) is 0 Å². The fourth-order valence-electron chi connectivity index (χ4n) is 8.08. The minimum Gasteiger partial charge on any atom is -0.462 e. The molecule has 0 spiro atoms. The van der Waals surface area contributed by atoms with Gasteiger partial charge in [-0.05, 0) is 122 Å². The van der Waals surface area contributed by atoms with E-state index in [1.165, 1.54) is 135 Å². The third kappa shape index (κ3) is 57.1. The van der Waals surface area contributed by atoms with Crippen molar-refractivity contribution in [2.45, 2.75) is 284 Å². The number of hydrogen-bond acceptors (Lipinski definition) is 6. The molecule has 0 aromatic rings. The van der Waals surface area contributed by atoms with E-state index in [1.54, 1.807) is 0 Å². The summed E-state index contributed by atoms with van der Waals surface area (Å²) >= 11 is 0. The van der Waals surface area contributed by atoms with E-state index < -0.39 is 6.10 Å². The average Bonchev–Trinajstić information content (AvgIpc) is 3.37. The summed E-state index contributed by atoms with van der Waals surface area (Å²) in [6.45, 7) is 6.47. The summed E-state index contributed by atoms with van der Waals surface area (Å²) in [7, 11) is 0. The fraction of sp³-hybridized carbons (Fsp3) is 0.708. The second-order valence-corrected chi connectivity index (χ2v) is 19.5. The van der Waals surface area contributed by atoms with Crippen molar-refractivity contribution in [3.05, 3.63) is 97.2 Å². The highest BCUT2D eigenvalue weighted by atomic mass is 16.6. The van der Waals surface area contributed by atoms with Gasteiger partial charge in [-0.25, -0.2) is 0 Å². The summed E-state index contributed by atoms with van der Waals surface area (Å²) in [5.41, 5.74) is 0. The molecule has 0 aromatic heterocycles. The lowest BCUT2D eigenvalue weighted by atomic mass is 10.1. The van der Waals surface area contributed by atoms with Crippen LogP contribution < -0.4 is 0 Å². The van der Waals surface area contributed by atoms with Crippen molar-refractivity contribution in [2.24, 2.45) is 0 Å². The predicted octanol–water partition coefficient (Wildman–Crippen LogP) is 20.1. The van der Waals surface area contributed by atoms with E-state index in [1.807, 2.05) is 0 Å². The highest BCUT2D eigenvalue weighted by molar-refractivity contribution is 5.71. The van der Waals surface area contributed by atoms with Gasteiger partial charge in [-0.3, -0.25) is 14.4 Å². The zero-order valence-corrected chi connectivity index (χ0v) is 46.5. The average molecular weight is 988 g/mol. The van der Waals surface area contributed by atoms with Gasteiger partial charge in [0.2, 0.25) is 0 Å². The molecule has 0 saturated heterocycles. The Bertz CT molecular complexity index is 1410. The van der Waals surface area contributed by atoms with Crippen LogP contribution in [0.25, 0.3) is 0 Å². The third-order valence-corrected chi connectivity index (χ3v) is 12.5. The second kappa shape index (κ2) is 58.9. The van der Waals surface area contributed by atoms with Gasteiger partial charge in [0.15, 0.2) is 6.10 Å². The van der Waals surface area contributed by atoms with Gasteiger partial charge in [-0.1, -0.05) is 234 Å². The summed E-state index contributed by atoms with van der Waals surface area (Å²) in [5, 5.41) is 0. The monoisotopic (exact) mass is 987 g/mol. The standard InChI is InChI=1S/C65H110O6/c1-4-7-10-13-16-19-22-25-28-30-31-32-33-35-37-40-43-46-49-52-55-58-64(67)70-61-62(60-69-63(66)57-54-51-48-45-42-39-36-27-24-21-18-15-12-9-6-3)71-65(68)59-56-53-50-47-44-41-38-34-29-26-23-20-17-14-11-8-5-2/h9,12,18,21-22,25-27,29-31,33,35-36,42,45,62H,4-8,10-11,13-17,19-20,23-24,28,32,34,37-41,43-44,46-61H2,1-3H3/b12-9-,21-18-,25-22-,29-26-,31-30-,35-33-,36-27-,45-42-. The Morgan fingerprint density at radius 1 is 0.296 bits per heavy atom. The molecule has 0 radical (unpaired) electrons. The van der Waals surface area contributed by atoms with Crippen molar-refractivity contribution in [1.29, 1.82) is 0 Å². The van der Waals surface area contributed by atoms with Gasteiger partial charge in [0.1, 0.15) is 13.2 Å². The van der Waals surface area contributed by atoms with Crippen LogP contribution in [0.3, 0.4) is 0 Å². The molecular weight excluding hydrogens is 877 g/mol. The molecule has 1 atom stereocenters. The first kappa shape index (κ1) is 67.3. The minimum absolute atomic E-state index is 0.0997. The number of carbonyl (C=O) groups excluding carboxylic acids is 3. The van der Waals surface area contributed by atoms with E-state index >= 15 is 0 Å². The van der Waals surface area contributed by atoms with Gasteiger partial charge < -0.3 is 14.2 Å². The Balaban J connectivity index is 4.45. The molecule has 6 nitrogen and oxygen atoms in total. The van der Waals surface area contributed by atoms with Crippen LogP contribution >= 0.6 is 0 Å². The summed E-state index contributed by atoms with van der Waals surface area (Å²) in [5.74, 6) is -0.954. The summed E-state index contributed by atoms with van der Waals surface area (Å²) in [6, 6.07) is 0. The topological polar surface area (TPSA) is 78.9 Å². The lowest BCUT2D eigenvalue weighted by Gasteiger charge is -2.18. The molecule has 71 heavy (non-hydrogen) atoms. The Hall–Kier alpha value is -3.67. The van der Waals surface area contributed by atoms with Crippen LogP contribution in [0.4, 0.5) is 0 Å². The summed E-state index contributed by atoms with van der Waals surface area (Å²) < 4.78 is 16.8. The van der Waals surface area contributed by atoms with Crippen LogP contribution in [-0.2, 0) is 28.6 Å². The maximum Gasteiger partial charge on any atom is 0.306 e. The molecule has 0 aliphatic heterocycles. The van der Waals surface area contributed by atoms with Crippen LogP contribution in [0.5, 0.6) is 0 Å². The van der Waals surface area contributed by atoms with Crippen LogP contribution in [0.15, 0.2) is 97.2 Å². The number of esters is 3. The highest BCUT2D eigenvalue weighted by Crippen LogP contribution is 2.14. The maximum atomic E-state index is 12.9. The normalized spacial score (nSPS) is 12.8. The summed E-state index contributed by atoms with van der Waals surface area (Å²) in [4.78, 5) is 38.2. The van der Waals surface area contributed by atoms with E-state index in [9.17, 15) is 14.4 Å². The van der Waals surface area contributed by atoms with Crippen molar-refractivity contribution < 1.29 is 28.6 Å². The number of unbranched alkanes of at least 4 members (excludes halogenated alkanes) is 26. The van der Waals surface area contributed by atoms with Gasteiger partial charge in [-0.15, -0.1) is 0 Å². The second-order valence-electron chi connectivity index (χ2n) is 19.5. The van der Waals surface area contributed by atoms with Crippen LogP contribution in [0.1, 0.15) is 278 Å². The quantitative estimate of drug-likeness (QED) is 0.0261. The first-order valence-electron chi connectivity index (χ1n) is 29.7. The molecule has 406 valence electrons. The highest BCUT2D eigenvalue weighted by Gasteiger charge is 2.19. The van der Waals surface area contributed by atoms with Gasteiger partial charge in [-0.2, -0.15) is 0 Å². The predicted molar refractivity (Wildman–Crippen MR) is 307 cm³/mol. The SMILES string of the molecule is CC/C=C\C/C=C\C/C=C\C/C=C\CCCCC(=O)OCC(COC(=O)CCCCCCCC/C=C\C/C=C\C/C=C\CCCCCCC)OC(=O)CCCCCCCCC/C=C\CCCCCCCC. The Labute approximate surface area is 438 Å². The van der Waals surface area contributed by atoms with Crippen LogP contribution in [-0.4, -0.2) is 37.2 Å². The molecule has 6 heteroatoms. The largest absolute Gasteiger partial charge is 0.462 e. The number of rotatable bonds is 53. The zero-order chi connectivity index (χ0) is 51.4. The van der Waals surface area contributed by atoms with Gasteiger partial charge in [0.05, 0.1) is 0 Å². The Morgan fingerprint density at radius 3 is 0.901 bits per heavy atom. The van der Waals surface area contributed by atoms with Gasteiger partial charge >= 0.3 is 17.9 Å². The van der Waals surface area contributed by atoms with Crippen molar-refractivity contribution in [1.82, 2.24) is 0 Å². The number of ether oxygens (including phenoxy) is 3. The number of hydrogen-bond donors (Lipinski definition) is 0. The van der Waals surface area contributed by atoms with Gasteiger partial charge in [0, 0.05) is 19.3 Å². The van der Waals surface area contributed by atoms with Crippen molar-refractivity contribution in [3.8, 4) is 0 Å². The fourth-order valence-corrected chi connectivity index (χ4v) is 8.08.